The van der Waals surface area contributed by atoms with Crippen molar-refractivity contribution in [2.24, 2.45) is 0 Å². The normalized spacial score (nSPS) is 9.60. The molecule has 0 fully saturated rings. The average molecular weight is 257 g/mol. The molecule has 2 heteroatoms. The first-order valence-electron chi connectivity index (χ1n) is 4.07. The van der Waals surface area contributed by atoms with Crippen LogP contribution in [0.25, 0.3) is 0 Å². The molecule has 1 nitrogen and oxygen atoms in total. The fourth-order valence-corrected chi connectivity index (χ4v) is 0.922. The van der Waals surface area contributed by atoms with Crippen LogP contribution in [0.5, 0.6) is 0 Å². The number of hydrogen-bond acceptors (Lipinski definition) is 1. The highest BCUT2D eigenvalue weighted by Gasteiger charge is 1.94. The van der Waals surface area contributed by atoms with E-state index in [1.807, 2.05) is 0 Å². The van der Waals surface area contributed by atoms with Crippen molar-refractivity contribution in [3.05, 3.63) is 0 Å². The second-order valence-corrected chi connectivity index (χ2v) is 2.38. The smallest absolute Gasteiger partial charge is 0.00191 e. The van der Waals surface area contributed by atoms with Crippen LogP contribution < -0.4 is 0 Å². The van der Waals surface area contributed by atoms with E-state index in [1.54, 1.807) is 0 Å². The van der Waals surface area contributed by atoms with E-state index in [2.05, 4.69) is 25.7 Å². The highest BCUT2D eigenvalue weighted by molar-refractivity contribution is 14.0. The van der Waals surface area contributed by atoms with Gasteiger partial charge in [-0.15, -0.1) is 24.0 Å². The third kappa shape index (κ3) is 6.81. The zero-order chi connectivity index (χ0) is 7.11. The quantitative estimate of drug-likeness (QED) is 0.684. The maximum atomic E-state index is 2.46. The molecule has 0 aromatic heterocycles. The van der Waals surface area contributed by atoms with Crippen molar-refractivity contribution >= 4 is 24.0 Å². The Morgan fingerprint density at radius 3 is 1.80 bits per heavy atom. The summed E-state index contributed by atoms with van der Waals surface area (Å²) in [5, 5.41) is 0. The Hall–Kier alpha value is 0.690. The van der Waals surface area contributed by atoms with Gasteiger partial charge in [-0.2, -0.15) is 0 Å². The van der Waals surface area contributed by atoms with E-state index < -0.39 is 0 Å². The highest BCUT2D eigenvalue weighted by Crippen LogP contribution is 1.92. The average Bonchev–Trinajstić information content (AvgIpc) is 1.91. The molecule has 0 aliphatic carbocycles. The number of hydrogen-bond donors (Lipinski definition) is 0. The minimum Gasteiger partial charge on any atom is -0.304 e. The van der Waals surface area contributed by atoms with Gasteiger partial charge in [-0.25, -0.2) is 0 Å². The number of nitrogens with zero attached hydrogens (tertiary/aromatic N) is 1. The molecule has 0 radical (unpaired) electrons. The molecule has 64 valence electrons. The summed E-state index contributed by atoms with van der Waals surface area (Å²) in [5.41, 5.74) is 0. The van der Waals surface area contributed by atoms with E-state index in [1.165, 1.54) is 32.5 Å². The van der Waals surface area contributed by atoms with Crippen LogP contribution in [0.2, 0.25) is 0 Å². The van der Waals surface area contributed by atoms with E-state index in [4.69, 9.17) is 0 Å². The molecule has 0 rings (SSSR count). The second-order valence-electron chi connectivity index (χ2n) is 2.38. The summed E-state index contributed by atoms with van der Waals surface area (Å²) in [4.78, 5) is 2.46. The molecule has 0 unspecified atom stereocenters. The molecule has 0 N–H and O–H groups in total. The zero-order valence-corrected chi connectivity index (χ0v) is 9.72. The molecule has 0 saturated heterocycles. The minimum absolute atomic E-state index is 0. The SMILES string of the molecule is CCCCN(CC)CC.I. The molecule has 0 aromatic rings. The van der Waals surface area contributed by atoms with Crippen LogP contribution >= 0.6 is 24.0 Å². The van der Waals surface area contributed by atoms with Crippen LogP contribution in [0.15, 0.2) is 0 Å². The highest BCUT2D eigenvalue weighted by atomic mass is 127. The van der Waals surface area contributed by atoms with E-state index in [0.29, 0.717) is 0 Å². The van der Waals surface area contributed by atoms with Crippen molar-refractivity contribution in [2.75, 3.05) is 19.6 Å². The molecule has 0 saturated carbocycles. The molecule has 10 heavy (non-hydrogen) atoms. The Morgan fingerprint density at radius 1 is 1.00 bits per heavy atom. The van der Waals surface area contributed by atoms with Gasteiger partial charge in [-0.05, 0) is 26.1 Å². The van der Waals surface area contributed by atoms with Gasteiger partial charge >= 0.3 is 0 Å². The van der Waals surface area contributed by atoms with Crippen LogP contribution in [-0.4, -0.2) is 24.5 Å². The van der Waals surface area contributed by atoms with Crippen LogP contribution in [0.3, 0.4) is 0 Å². The van der Waals surface area contributed by atoms with E-state index >= 15 is 0 Å². The lowest BCUT2D eigenvalue weighted by Crippen LogP contribution is -2.23. The molecule has 0 bridgehead atoms. The van der Waals surface area contributed by atoms with Gasteiger partial charge in [-0.3, -0.25) is 0 Å². The van der Waals surface area contributed by atoms with Crippen molar-refractivity contribution in [3.8, 4) is 0 Å². The lowest BCUT2D eigenvalue weighted by Gasteiger charge is -2.16. The van der Waals surface area contributed by atoms with Gasteiger partial charge in [0.1, 0.15) is 0 Å². The Kier molecular flexibility index (Phi) is 12.9. The first kappa shape index (κ1) is 13.3. The molecule has 0 aromatic carbocycles. The standard InChI is InChI=1S/C8H19N.HI/c1-4-7-8-9(5-2)6-3;/h4-8H2,1-3H3;1H. The minimum atomic E-state index is 0. The molecule has 0 aliphatic heterocycles. The summed E-state index contributed by atoms with van der Waals surface area (Å²) >= 11 is 0. The predicted octanol–water partition coefficient (Wildman–Crippen LogP) is 2.75. The van der Waals surface area contributed by atoms with Crippen molar-refractivity contribution < 1.29 is 0 Å². The molecular weight excluding hydrogens is 237 g/mol. The third-order valence-corrected chi connectivity index (χ3v) is 1.72. The van der Waals surface area contributed by atoms with Gasteiger partial charge in [0.05, 0.1) is 0 Å². The predicted molar refractivity (Wildman–Crippen MR) is 58.1 cm³/mol. The Morgan fingerprint density at radius 2 is 1.50 bits per heavy atom. The van der Waals surface area contributed by atoms with Gasteiger partial charge in [0.15, 0.2) is 0 Å². The third-order valence-electron chi connectivity index (χ3n) is 1.72. The van der Waals surface area contributed by atoms with E-state index in [-0.39, 0.29) is 24.0 Å². The van der Waals surface area contributed by atoms with Crippen LogP contribution in [0.4, 0.5) is 0 Å². The van der Waals surface area contributed by atoms with Crippen molar-refractivity contribution in [2.45, 2.75) is 33.6 Å². The van der Waals surface area contributed by atoms with Crippen molar-refractivity contribution in [1.29, 1.82) is 0 Å². The Balaban J connectivity index is 0. The first-order chi connectivity index (χ1) is 4.35. The van der Waals surface area contributed by atoms with Gasteiger partial charge in [0, 0.05) is 0 Å². The molecule has 0 spiro atoms. The summed E-state index contributed by atoms with van der Waals surface area (Å²) in [6.07, 6.45) is 2.66. The summed E-state index contributed by atoms with van der Waals surface area (Å²) in [7, 11) is 0. The van der Waals surface area contributed by atoms with Crippen LogP contribution in [-0.2, 0) is 0 Å². The number of halogens is 1. The van der Waals surface area contributed by atoms with Crippen LogP contribution in [0, 0.1) is 0 Å². The molecular formula is C8H20IN. The summed E-state index contributed by atoms with van der Waals surface area (Å²) < 4.78 is 0. The summed E-state index contributed by atoms with van der Waals surface area (Å²) in [6, 6.07) is 0. The van der Waals surface area contributed by atoms with Crippen molar-refractivity contribution in [3.63, 3.8) is 0 Å². The lowest BCUT2D eigenvalue weighted by atomic mass is 10.3. The topological polar surface area (TPSA) is 3.24 Å². The largest absolute Gasteiger partial charge is 0.304 e. The van der Waals surface area contributed by atoms with E-state index in [9.17, 15) is 0 Å². The number of unbranched alkanes of at least 4 members (excludes halogenated alkanes) is 1. The lowest BCUT2D eigenvalue weighted by molar-refractivity contribution is 0.299. The molecule has 0 aliphatic rings. The summed E-state index contributed by atoms with van der Waals surface area (Å²) in [6.45, 7) is 10.4. The number of rotatable bonds is 5. The van der Waals surface area contributed by atoms with Gasteiger partial charge in [0.2, 0.25) is 0 Å². The fraction of sp³-hybridized carbons (Fsp3) is 1.00. The van der Waals surface area contributed by atoms with Gasteiger partial charge < -0.3 is 4.90 Å². The van der Waals surface area contributed by atoms with Gasteiger partial charge in [-0.1, -0.05) is 27.2 Å². The maximum absolute atomic E-state index is 2.46. The van der Waals surface area contributed by atoms with Gasteiger partial charge in [0.25, 0.3) is 0 Å². The zero-order valence-electron chi connectivity index (χ0n) is 7.39. The van der Waals surface area contributed by atoms with E-state index in [0.717, 1.165) is 0 Å². The fourth-order valence-electron chi connectivity index (χ4n) is 0.922. The molecule has 0 atom stereocenters. The Bertz CT molecular complexity index is 53.2. The molecule has 0 heterocycles. The van der Waals surface area contributed by atoms with Crippen molar-refractivity contribution in [1.82, 2.24) is 4.90 Å². The molecule has 0 amide bonds. The Labute approximate surface area is 82.2 Å². The monoisotopic (exact) mass is 257 g/mol. The maximum Gasteiger partial charge on any atom is -0.00191 e. The van der Waals surface area contributed by atoms with Crippen LogP contribution in [0.1, 0.15) is 33.6 Å². The first-order valence-corrected chi connectivity index (χ1v) is 4.07. The second kappa shape index (κ2) is 9.69. The summed E-state index contributed by atoms with van der Waals surface area (Å²) in [5.74, 6) is 0.